The van der Waals surface area contributed by atoms with Crippen molar-refractivity contribution in [3.05, 3.63) is 40.1 Å². The van der Waals surface area contributed by atoms with E-state index in [4.69, 9.17) is 0 Å². The second-order valence-corrected chi connectivity index (χ2v) is 6.05. The maximum Gasteiger partial charge on any atom is 0.136 e. The summed E-state index contributed by atoms with van der Waals surface area (Å²) in [5.74, 6) is 2.48. The first kappa shape index (κ1) is 13.4. The Labute approximate surface area is 127 Å². The van der Waals surface area contributed by atoms with E-state index in [1.54, 1.807) is 0 Å². The van der Waals surface area contributed by atoms with Crippen LogP contribution in [0.1, 0.15) is 24.2 Å². The lowest BCUT2D eigenvalue weighted by Crippen LogP contribution is -2.06. The molecular weight excluding hydrogens is 316 g/mol. The molecule has 1 aliphatic rings. The minimum Gasteiger partial charge on any atom is -0.367 e. The number of rotatable bonds is 4. The first-order valence-electron chi connectivity index (χ1n) is 6.75. The number of hydrogen-bond acceptors (Lipinski definition) is 4. The van der Waals surface area contributed by atoms with Crippen molar-refractivity contribution in [3.63, 3.8) is 0 Å². The van der Waals surface area contributed by atoms with Crippen LogP contribution in [0.4, 0.5) is 17.3 Å². The van der Waals surface area contributed by atoms with E-state index in [9.17, 15) is 0 Å². The first-order chi connectivity index (χ1) is 9.60. The fourth-order valence-electron chi connectivity index (χ4n) is 1.96. The molecule has 0 saturated heterocycles. The van der Waals surface area contributed by atoms with Gasteiger partial charge in [0.2, 0.25) is 0 Å². The van der Waals surface area contributed by atoms with Crippen molar-refractivity contribution in [3.8, 4) is 0 Å². The molecule has 0 amide bonds. The standard InChI is InChI=1S/C15H17BrN4/c1-9-3-4-12(7-13(9)16)20-15-8-14(17-10(2)18-15)19-11-5-6-11/h3-4,7-8,11H,5-6H2,1-2H3,(H2,17,18,19,20). The first-order valence-corrected chi connectivity index (χ1v) is 7.55. The lowest BCUT2D eigenvalue weighted by atomic mass is 10.2. The lowest BCUT2D eigenvalue weighted by Gasteiger charge is -2.10. The van der Waals surface area contributed by atoms with Crippen LogP contribution in [-0.4, -0.2) is 16.0 Å². The van der Waals surface area contributed by atoms with Crippen molar-refractivity contribution >= 4 is 33.3 Å². The van der Waals surface area contributed by atoms with Crippen molar-refractivity contribution in [2.75, 3.05) is 10.6 Å². The number of aryl methyl sites for hydroxylation is 2. The van der Waals surface area contributed by atoms with Crippen LogP contribution in [0.3, 0.4) is 0 Å². The van der Waals surface area contributed by atoms with E-state index in [1.165, 1.54) is 18.4 Å². The van der Waals surface area contributed by atoms with E-state index in [0.29, 0.717) is 6.04 Å². The zero-order valence-electron chi connectivity index (χ0n) is 11.6. The Morgan fingerprint density at radius 1 is 1.10 bits per heavy atom. The number of nitrogens with one attached hydrogen (secondary N) is 2. The van der Waals surface area contributed by atoms with Crippen LogP contribution >= 0.6 is 15.9 Å². The highest BCUT2D eigenvalue weighted by Gasteiger charge is 2.21. The van der Waals surface area contributed by atoms with Gasteiger partial charge in [0.15, 0.2) is 0 Å². The molecule has 3 rings (SSSR count). The Bertz CT molecular complexity index is 638. The van der Waals surface area contributed by atoms with Crippen molar-refractivity contribution in [2.45, 2.75) is 32.7 Å². The van der Waals surface area contributed by atoms with Crippen molar-refractivity contribution < 1.29 is 0 Å². The van der Waals surface area contributed by atoms with Gasteiger partial charge >= 0.3 is 0 Å². The summed E-state index contributed by atoms with van der Waals surface area (Å²) in [6.07, 6.45) is 2.47. The molecule has 0 bridgehead atoms. The van der Waals surface area contributed by atoms with Gasteiger partial charge in [-0.05, 0) is 44.4 Å². The third-order valence-electron chi connectivity index (χ3n) is 3.21. The smallest absolute Gasteiger partial charge is 0.136 e. The fraction of sp³-hybridized carbons (Fsp3) is 0.333. The predicted molar refractivity (Wildman–Crippen MR) is 85.6 cm³/mol. The molecule has 4 nitrogen and oxygen atoms in total. The zero-order valence-corrected chi connectivity index (χ0v) is 13.2. The summed E-state index contributed by atoms with van der Waals surface area (Å²) in [5, 5.41) is 6.73. The number of aromatic nitrogens is 2. The highest BCUT2D eigenvalue weighted by Crippen LogP contribution is 2.26. The third kappa shape index (κ3) is 3.28. The molecule has 1 heterocycles. The van der Waals surface area contributed by atoms with E-state index < -0.39 is 0 Å². The Kier molecular flexibility index (Phi) is 3.61. The quantitative estimate of drug-likeness (QED) is 0.882. The Morgan fingerprint density at radius 3 is 2.55 bits per heavy atom. The van der Waals surface area contributed by atoms with Gasteiger partial charge in [-0.25, -0.2) is 9.97 Å². The molecule has 2 N–H and O–H groups in total. The molecule has 20 heavy (non-hydrogen) atoms. The van der Waals surface area contributed by atoms with E-state index in [2.05, 4.69) is 55.6 Å². The van der Waals surface area contributed by atoms with E-state index >= 15 is 0 Å². The number of halogens is 1. The minimum absolute atomic E-state index is 0.589. The van der Waals surface area contributed by atoms with Crippen LogP contribution in [0.15, 0.2) is 28.7 Å². The van der Waals surface area contributed by atoms with Gasteiger partial charge < -0.3 is 10.6 Å². The van der Waals surface area contributed by atoms with Crippen LogP contribution in [0.5, 0.6) is 0 Å². The Balaban J connectivity index is 1.81. The molecule has 0 atom stereocenters. The average molecular weight is 333 g/mol. The molecule has 1 saturated carbocycles. The molecule has 1 fully saturated rings. The number of anilines is 3. The molecule has 0 spiro atoms. The maximum absolute atomic E-state index is 4.43. The van der Waals surface area contributed by atoms with Gasteiger partial charge in [-0.15, -0.1) is 0 Å². The monoisotopic (exact) mass is 332 g/mol. The van der Waals surface area contributed by atoms with Crippen molar-refractivity contribution in [1.29, 1.82) is 0 Å². The summed E-state index contributed by atoms with van der Waals surface area (Å²) in [6, 6.07) is 8.72. The summed E-state index contributed by atoms with van der Waals surface area (Å²) >= 11 is 3.54. The summed E-state index contributed by atoms with van der Waals surface area (Å²) < 4.78 is 1.09. The molecule has 0 radical (unpaired) electrons. The second kappa shape index (κ2) is 5.40. The van der Waals surface area contributed by atoms with E-state index in [-0.39, 0.29) is 0 Å². The molecule has 0 unspecified atom stereocenters. The molecule has 2 aromatic rings. The van der Waals surface area contributed by atoms with E-state index in [1.807, 2.05) is 19.1 Å². The molecule has 1 aromatic carbocycles. The fourth-order valence-corrected chi connectivity index (χ4v) is 2.34. The summed E-state index contributed by atoms with van der Waals surface area (Å²) in [5.41, 5.74) is 2.23. The van der Waals surface area contributed by atoms with Crippen LogP contribution in [0.25, 0.3) is 0 Å². The van der Waals surface area contributed by atoms with Crippen molar-refractivity contribution in [1.82, 2.24) is 9.97 Å². The van der Waals surface area contributed by atoms with Gasteiger partial charge in [0.25, 0.3) is 0 Å². The highest BCUT2D eigenvalue weighted by atomic mass is 79.9. The molecule has 5 heteroatoms. The zero-order chi connectivity index (χ0) is 14.1. The van der Waals surface area contributed by atoms with Gasteiger partial charge in [-0.3, -0.25) is 0 Å². The summed E-state index contributed by atoms with van der Waals surface area (Å²) in [4.78, 5) is 8.85. The second-order valence-electron chi connectivity index (χ2n) is 5.19. The van der Waals surface area contributed by atoms with Gasteiger partial charge in [-0.2, -0.15) is 0 Å². The van der Waals surface area contributed by atoms with Gasteiger partial charge in [0.1, 0.15) is 17.5 Å². The largest absolute Gasteiger partial charge is 0.367 e. The van der Waals surface area contributed by atoms with E-state index in [0.717, 1.165) is 27.6 Å². The minimum atomic E-state index is 0.589. The van der Waals surface area contributed by atoms with Crippen LogP contribution in [-0.2, 0) is 0 Å². The Hall–Kier alpha value is -1.62. The van der Waals surface area contributed by atoms with Crippen LogP contribution in [0, 0.1) is 13.8 Å². The third-order valence-corrected chi connectivity index (χ3v) is 4.07. The number of nitrogens with zero attached hydrogens (tertiary/aromatic N) is 2. The summed E-state index contributed by atoms with van der Waals surface area (Å²) in [6.45, 7) is 3.98. The molecule has 104 valence electrons. The van der Waals surface area contributed by atoms with Gasteiger partial charge in [0.05, 0.1) is 0 Å². The molecular formula is C15H17BrN4. The van der Waals surface area contributed by atoms with Gasteiger partial charge in [0, 0.05) is 22.3 Å². The average Bonchev–Trinajstić information content (AvgIpc) is 3.17. The highest BCUT2D eigenvalue weighted by molar-refractivity contribution is 9.10. The summed E-state index contributed by atoms with van der Waals surface area (Å²) in [7, 11) is 0. The number of benzene rings is 1. The van der Waals surface area contributed by atoms with Crippen LogP contribution < -0.4 is 10.6 Å². The van der Waals surface area contributed by atoms with Crippen molar-refractivity contribution in [2.24, 2.45) is 0 Å². The topological polar surface area (TPSA) is 49.8 Å². The molecule has 0 aliphatic heterocycles. The Morgan fingerprint density at radius 2 is 1.85 bits per heavy atom. The van der Waals surface area contributed by atoms with Crippen LogP contribution in [0.2, 0.25) is 0 Å². The molecule has 1 aromatic heterocycles. The number of hydrogen-bond donors (Lipinski definition) is 2. The molecule has 1 aliphatic carbocycles. The normalized spacial score (nSPS) is 14.2. The lowest BCUT2D eigenvalue weighted by molar-refractivity contribution is 1.02. The maximum atomic E-state index is 4.43. The SMILES string of the molecule is Cc1nc(Nc2ccc(C)c(Br)c2)cc(NC2CC2)n1. The van der Waals surface area contributed by atoms with Gasteiger partial charge in [-0.1, -0.05) is 22.0 Å². The predicted octanol–water partition coefficient (Wildman–Crippen LogP) is 4.17.